The number of benzene rings is 2. The highest BCUT2D eigenvalue weighted by molar-refractivity contribution is 6.33. The maximum absolute atomic E-state index is 13.1. The van der Waals surface area contributed by atoms with E-state index in [1.54, 1.807) is 26.0 Å². The second-order valence-electron chi connectivity index (χ2n) is 8.69. The molecular formula is C26H28ClF3N4O3. The van der Waals surface area contributed by atoms with Crippen LogP contribution >= 0.6 is 11.6 Å². The Bertz CT molecular complexity index is 1200. The molecule has 7 nitrogen and oxygen atoms in total. The molecule has 0 spiro atoms. The zero-order chi connectivity index (χ0) is 27.2. The molecule has 2 amide bonds. The number of amides is 2. The van der Waals surface area contributed by atoms with Gasteiger partial charge in [0.25, 0.3) is 0 Å². The normalized spacial score (nSPS) is 16.2. The lowest BCUT2D eigenvalue weighted by Gasteiger charge is -2.35. The van der Waals surface area contributed by atoms with E-state index in [2.05, 4.69) is 15.4 Å². The Labute approximate surface area is 218 Å². The van der Waals surface area contributed by atoms with E-state index < -0.39 is 12.4 Å². The zero-order valence-corrected chi connectivity index (χ0v) is 21.2. The smallest absolute Gasteiger partial charge is 0.405 e. The second-order valence-corrected chi connectivity index (χ2v) is 9.10. The first-order valence-electron chi connectivity index (χ1n) is 11.7. The van der Waals surface area contributed by atoms with Crippen molar-refractivity contribution < 1.29 is 27.5 Å². The number of hydrogen-bond acceptors (Lipinski definition) is 5. The maximum Gasteiger partial charge on any atom is 0.573 e. The first kappa shape index (κ1) is 28.0. The fourth-order valence-corrected chi connectivity index (χ4v) is 4.42. The van der Waals surface area contributed by atoms with E-state index in [4.69, 9.17) is 17.0 Å². The monoisotopic (exact) mass is 536 g/mol. The number of nitrogens with zero attached hydrogens (tertiary/aromatic N) is 1. The van der Waals surface area contributed by atoms with E-state index in [1.165, 1.54) is 41.3 Å². The highest BCUT2D eigenvalue weighted by Crippen LogP contribution is 2.38. The van der Waals surface area contributed by atoms with Gasteiger partial charge in [-0.3, -0.25) is 9.59 Å². The molecule has 3 rings (SSSR count). The van der Waals surface area contributed by atoms with Crippen molar-refractivity contribution >= 4 is 34.8 Å². The first-order valence-corrected chi connectivity index (χ1v) is 12.0. The van der Waals surface area contributed by atoms with Gasteiger partial charge < -0.3 is 25.7 Å². The number of likely N-dealkylation sites (tertiary alicyclic amines) is 1. The Hall–Kier alpha value is -3.53. The summed E-state index contributed by atoms with van der Waals surface area (Å²) in [6.07, 6.45) is -1.18. The van der Waals surface area contributed by atoms with Gasteiger partial charge in [-0.15, -0.1) is 13.2 Å². The van der Waals surface area contributed by atoms with Crippen LogP contribution < -0.4 is 15.4 Å². The minimum absolute atomic E-state index is 0.000670. The van der Waals surface area contributed by atoms with Gasteiger partial charge in [-0.05, 0) is 57.4 Å². The largest absolute Gasteiger partial charge is 0.573 e. The molecule has 1 unspecified atom stereocenters. The number of piperidine rings is 1. The predicted molar refractivity (Wildman–Crippen MR) is 137 cm³/mol. The standard InChI is InChI=1S/C26H28ClF3N4O3/c1-16(31)13-17(2)32-15-24(35)34-12-6-5-8-22(34)25(36)33-18-10-11-19(21(27)14-18)20-7-3-4-9-23(20)37-26(28,29)30/h3-4,7,9-11,13-14,22,31-32H,5-6,8,12,15H2,1-2H3,(H,33,36)/b17-13-,31-16?. The molecule has 1 heterocycles. The Kier molecular flexibility index (Phi) is 9.20. The third-order valence-electron chi connectivity index (χ3n) is 5.72. The van der Waals surface area contributed by atoms with Crippen LogP contribution in [0.5, 0.6) is 5.75 Å². The molecule has 0 aromatic heterocycles. The average molecular weight is 537 g/mol. The number of carbonyl (C=O) groups is 2. The molecule has 0 aliphatic carbocycles. The van der Waals surface area contributed by atoms with E-state index >= 15 is 0 Å². The summed E-state index contributed by atoms with van der Waals surface area (Å²) < 4.78 is 42.5. The van der Waals surface area contributed by atoms with Gasteiger partial charge >= 0.3 is 6.36 Å². The van der Waals surface area contributed by atoms with E-state index in [9.17, 15) is 22.8 Å². The van der Waals surface area contributed by atoms with Crippen LogP contribution in [0, 0.1) is 5.41 Å². The predicted octanol–water partition coefficient (Wildman–Crippen LogP) is 5.76. The van der Waals surface area contributed by atoms with Gasteiger partial charge in [0.15, 0.2) is 0 Å². The molecule has 2 aromatic rings. The Morgan fingerprint density at radius 2 is 1.89 bits per heavy atom. The number of rotatable bonds is 8. The molecule has 0 saturated carbocycles. The molecule has 37 heavy (non-hydrogen) atoms. The van der Waals surface area contributed by atoms with Crippen molar-refractivity contribution in [2.45, 2.75) is 45.5 Å². The number of carbonyl (C=O) groups excluding carboxylic acids is 2. The molecule has 0 bridgehead atoms. The van der Waals surface area contributed by atoms with Gasteiger partial charge in [-0.25, -0.2) is 0 Å². The van der Waals surface area contributed by atoms with E-state index in [0.717, 1.165) is 12.8 Å². The van der Waals surface area contributed by atoms with Crippen molar-refractivity contribution in [2.24, 2.45) is 0 Å². The second kappa shape index (κ2) is 12.1. The molecule has 1 aliphatic rings. The zero-order valence-electron chi connectivity index (χ0n) is 20.4. The first-order chi connectivity index (χ1) is 17.4. The van der Waals surface area contributed by atoms with Crippen LogP contribution in [0.2, 0.25) is 5.02 Å². The molecule has 1 fully saturated rings. The topological polar surface area (TPSA) is 94.5 Å². The van der Waals surface area contributed by atoms with Crippen LogP contribution in [-0.4, -0.2) is 47.9 Å². The molecule has 1 saturated heterocycles. The van der Waals surface area contributed by atoms with Crippen LogP contribution in [-0.2, 0) is 9.59 Å². The van der Waals surface area contributed by atoms with Gasteiger partial charge in [-0.1, -0.05) is 35.9 Å². The minimum Gasteiger partial charge on any atom is -0.405 e. The summed E-state index contributed by atoms with van der Waals surface area (Å²) in [6, 6.07) is 9.46. The number of allylic oxidation sites excluding steroid dienone is 2. The van der Waals surface area contributed by atoms with Crippen molar-refractivity contribution in [1.29, 1.82) is 5.41 Å². The maximum atomic E-state index is 13.1. The van der Waals surface area contributed by atoms with Gasteiger partial charge in [0.2, 0.25) is 11.8 Å². The highest BCUT2D eigenvalue weighted by atomic mass is 35.5. The lowest BCUT2D eigenvalue weighted by molar-refractivity contribution is -0.274. The highest BCUT2D eigenvalue weighted by Gasteiger charge is 2.33. The molecular weight excluding hydrogens is 509 g/mol. The Morgan fingerprint density at radius 3 is 2.57 bits per heavy atom. The SMILES string of the molecule is CC(=N)/C=C(/C)NCC(=O)N1CCCCC1C(=O)Nc1ccc(-c2ccccc2OC(F)(F)F)c(Cl)c1. The number of hydrogen-bond donors (Lipinski definition) is 3. The van der Waals surface area contributed by atoms with Crippen molar-refractivity contribution in [1.82, 2.24) is 10.2 Å². The van der Waals surface area contributed by atoms with Crippen LogP contribution in [0.4, 0.5) is 18.9 Å². The van der Waals surface area contributed by atoms with Crippen molar-refractivity contribution in [3.05, 3.63) is 59.3 Å². The van der Waals surface area contributed by atoms with E-state index in [1.807, 2.05) is 0 Å². The Balaban J connectivity index is 1.72. The third-order valence-corrected chi connectivity index (χ3v) is 6.03. The number of alkyl halides is 3. The van der Waals surface area contributed by atoms with Crippen LogP contribution in [0.15, 0.2) is 54.2 Å². The molecule has 198 valence electrons. The summed E-state index contributed by atoms with van der Waals surface area (Å²) in [6.45, 7) is 3.83. The summed E-state index contributed by atoms with van der Waals surface area (Å²) in [5.41, 5.74) is 1.85. The molecule has 11 heteroatoms. The summed E-state index contributed by atoms with van der Waals surface area (Å²) >= 11 is 6.38. The van der Waals surface area contributed by atoms with Crippen LogP contribution in [0.25, 0.3) is 11.1 Å². The summed E-state index contributed by atoms with van der Waals surface area (Å²) in [5.74, 6) is -0.996. The quantitative estimate of drug-likeness (QED) is 0.374. The fraction of sp³-hybridized carbons (Fsp3) is 0.346. The lowest BCUT2D eigenvalue weighted by Crippen LogP contribution is -2.52. The molecule has 3 N–H and O–H groups in total. The number of anilines is 1. The number of halogens is 4. The van der Waals surface area contributed by atoms with Crippen molar-refractivity contribution in [3.8, 4) is 16.9 Å². The molecule has 0 radical (unpaired) electrons. The van der Waals surface area contributed by atoms with Crippen LogP contribution in [0.3, 0.4) is 0 Å². The van der Waals surface area contributed by atoms with Crippen molar-refractivity contribution in [2.75, 3.05) is 18.4 Å². The summed E-state index contributed by atoms with van der Waals surface area (Å²) in [5, 5.41) is 13.4. The number of nitrogens with one attached hydrogen (secondary N) is 3. The van der Waals surface area contributed by atoms with Gasteiger partial charge in [-0.2, -0.15) is 0 Å². The van der Waals surface area contributed by atoms with Crippen LogP contribution in [0.1, 0.15) is 33.1 Å². The molecule has 1 atom stereocenters. The van der Waals surface area contributed by atoms with Gasteiger partial charge in [0.1, 0.15) is 11.8 Å². The molecule has 2 aromatic carbocycles. The third kappa shape index (κ3) is 7.98. The Morgan fingerprint density at radius 1 is 1.16 bits per heavy atom. The van der Waals surface area contributed by atoms with Crippen molar-refractivity contribution in [3.63, 3.8) is 0 Å². The molecule has 1 aliphatic heterocycles. The summed E-state index contributed by atoms with van der Waals surface area (Å²) in [7, 11) is 0. The average Bonchev–Trinajstić information content (AvgIpc) is 2.82. The number of ether oxygens (including phenoxy) is 1. The lowest BCUT2D eigenvalue weighted by atomic mass is 10.0. The fourth-order valence-electron chi connectivity index (χ4n) is 4.13. The summed E-state index contributed by atoms with van der Waals surface area (Å²) in [4.78, 5) is 27.5. The minimum atomic E-state index is -4.86. The number of para-hydroxylation sites is 1. The van der Waals surface area contributed by atoms with Gasteiger partial charge in [0, 0.05) is 34.8 Å². The van der Waals surface area contributed by atoms with E-state index in [0.29, 0.717) is 35.6 Å². The van der Waals surface area contributed by atoms with E-state index in [-0.39, 0.29) is 34.7 Å². The van der Waals surface area contributed by atoms with Gasteiger partial charge in [0.05, 0.1) is 11.6 Å².